The topological polar surface area (TPSA) is 132 Å². The second kappa shape index (κ2) is 6.39. The van der Waals surface area contributed by atoms with Crippen molar-refractivity contribution in [2.45, 2.75) is 6.42 Å². The molecule has 0 saturated heterocycles. The molecule has 10 heteroatoms. The monoisotopic (exact) mass is 305 g/mol. The number of amides is 1. The number of carbonyl (C=O) groups is 1. The van der Waals surface area contributed by atoms with Crippen molar-refractivity contribution in [3.05, 3.63) is 39.7 Å². The van der Waals surface area contributed by atoms with Crippen LogP contribution in [0.1, 0.15) is 16.8 Å². The minimum Gasteiger partial charge on any atom is -0.352 e. The molecule has 0 atom stereocenters. The van der Waals surface area contributed by atoms with Crippen LogP contribution < -0.4 is 10.5 Å². The molecule has 20 heavy (non-hydrogen) atoms. The van der Waals surface area contributed by atoms with Crippen molar-refractivity contribution in [3.8, 4) is 0 Å². The molecule has 0 bridgehead atoms. The Morgan fingerprint density at radius 3 is 2.60 bits per heavy atom. The van der Waals surface area contributed by atoms with Gasteiger partial charge in [0.2, 0.25) is 10.0 Å². The average molecular weight is 305 g/mol. The highest BCUT2D eigenvalue weighted by atomic mass is 32.2. The van der Waals surface area contributed by atoms with Crippen LogP contribution in [0.4, 0.5) is 10.1 Å². The molecule has 1 aromatic carbocycles. The van der Waals surface area contributed by atoms with Gasteiger partial charge in [-0.25, -0.2) is 17.9 Å². The van der Waals surface area contributed by atoms with Gasteiger partial charge in [0.15, 0.2) is 0 Å². The Balaban J connectivity index is 2.66. The summed E-state index contributed by atoms with van der Waals surface area (Å²) in [5.74, 6) is -1.95. The molecule has 1 rings (SSSR count). The van der Waals surface area contributed by atoms with E-state index >= 15 is 0 Å². The van der Waals surface area contributed by atoms with Crippen LogP contribution in [0, 0.1) is 15.9 Å². The zero-order valence-corrected chi connectivity index (χ0v) is 11.0. The third-order valence-corrected chi connectivity index (χ3v) is 3.10. The summed E-state index contributed by atoms with van der Waals surface area (Å²) in [4.78, 5) is 21.3. The van der Waals surface area contributed by atoms with Gasteiger partial charge in [-0.3, -0.25) is 14.9 Å². The number of primary sulfonamides is 1. The van der Waals surface area contributed by atoms with E-state index in [0.717, 1.165) is 12.1 Å². The molecule has 0 aromatic heterocycles. The minimum atomic E-state index is -3.61. The number of rotatable bonds is 6. The first-order chi connectivity index (χ1) is 9.19. The van der Waals surface area contributed by atoms with Crippen molar-refractivity contribution in [1.29, 1.82) is 0 Å². The first kappa shape index (κ1) is 16.0. The number of nitro benzene ring substituents is 1. The van der Waals surface area contributed by atoms with Crippen molar-refractivity contribution in [3.63, 3.8) is 0 Å². The number of hydrogen-bond donors (Lipinski definition) is 2. The van der Waals surface area contributed by atoms with Gasteiger partial charge >= 0.3 is 0 Å². The normalized spacial score (nSPS) is 11.1. The number of nitrogens with zero attached hydrogens (tertiary/aromatic N) is 1. The zero-order valence-electron chi connectivity index (χ0n) is 10.2. The van der Waals surface area contributed by atoms with Crippen molar-refractivity contribution < 1.29 is 22.5 Å². The molecule has 0 aliphatic carbocycles. The van der Waals surface area contributed by atoms with Crippen molar-refractivity contribution in [2.24, 2.45) is 5.14 Å². The maximum Gasteiger partial charge on any atom is 0.273 e. The Morgan fingerprint density at radius 2 is 2.05 bits per heavy atom. The van der Waals surface area contributed by atoms with Crippen LogP contribution in [0.25, 0.3) is 0 Å². The Hall–Kier alpha value is -2.07. The maximum atomic E-state index is 13.1. The average Bonchev–Trinajstić information content (AvgIpc) is 2.32. The highest BCUT2D eigenvalue weighted by molar-refractivity contribution is 7.89. The molecule has 0 fully saturated rings. The third-order valence-electron chi connectivity index (χ3n) is 2.25. The summed E-state index contributed by atoms with van der Waals surface area (Å²) in [6.45, 7) is -0.000422. The number of nitrogens with two attached hydrogens (primary N) is 1. The number of nitro groups is 1. The van der Waals surface area contributed by atoms with Crippen LogP contribution in [-0.4, -0.2) is 31.5 Å². The smallest absolute Gasteiger partial charge is 0.273 e. The first-order valence-corrected chi connectivity index (χ1v) is 7.14. The van der Waals surface area contributed by atoms with Crippen LogP contribution in [0.5, 0.6) is 0 Å². The van der Waals surface area contributed by atoms with E-state index in [2.05, 4.69) is 5.32 Å². The molecule has 0 heterocycles. The molecular weight excluding hydrogens is 293 g/mol. The lowest BCUT2D eigenvalue weighted by Gasteiger charge is -2.05. The second-order valence-electron chi connectivity index (χ2n) is 3.93. The Kier molecular flexibility index (Phi) is 5.11. The van der Waals surface area contributed by atoms with E-state index in [4.69, 9.17) is 5.14 Å². The van der Waals surface area contributed by atoms with Gasteiger partial charge in [0.25, 0.3) is 11.6 Å². The van der Waals surface area contributed by atoms with Crippen molar-refractivity contribution in [1.82, 2.24) is 5.32 Å². The molecule has 0 aliphatic heterocycles. The van der Waals surface area contributed by atoms with Gasteiger partial charge in [-0.05, 0) is 12.5 Å². The molecule has 1 aromatic rings. The van der Waals surface area contributed by atoms with E-state index in [-0.39, 0.29) is 24.3 Å². The molecular formula is C10H12FN3O5S. The molecule has 0 spiro atoms. The summed E-state index contributed by atoms with van der Waals surface area (Å²) >= 11 is 0. The molecule has 0 saturated carbocycles. The third kappa shape index (κ3) is 5.28. The number of sulfonamides is 1. The lowest BCUT2D eigenvalue weighted by Crippen LogP contribution is -2.27. The summed E-state index contributed by atoms with van der Waals surface area (Å²) in [5.41, 5.74) is -0.757. The SMILES string of the molecule is NS(=O)(=O)CCCNC(=O)c1cc(F)cc([N+](=O)[O-])c1. The van der Waals surface area contributed by atoms with E-state index in [1.807, 2.05) is 0 Å². The summed E-state index contributed by atoms with van der Waals surface area (Å²) in [6.07, 6.45) is 0.0853. The minimum absolute atomic E-state index is 0.000422. The summed E-state index contributed by atoms with van der Waals surface area (Å²) < 4.78 is 34.4. The fourth-order valence-electron chi connectivity index (χ4n) is 1.39. The second-order valence-corrected chi connectivity index (χ2v) is 5.67. The van der Waals surface area contributed by atoms with E-state index in [0.29, 0.717) is 6.07 Å². The van der Waals surface area contributed by atoms with Gasteiger partial charge in [-0.2, -0.15) is 0 Å². The van der Waals surface area contributed by atoms with Crippen molar-refractivity contribution in [2.75, 3.05) is 12.3 Å². The maximum absolute atomic E-state index is 13.1. The highest BCUT2D eigenvalue weighted by Gasteiger charge is 2.14. The van der Waals surface area contributed by atoms with Gasteiger partial charge in [-0.15, -0.1) is 0 Å². The Bertz CT molecular complexity index is 632. The lowest BCUT2D eigenvalue weighted by atomic mass is 10.2. The molecule has 0 radical (unpaired) electrons. The zero-order chi connectivity index (χ0) is 15.3. The molecule has 8 nitrogen and oxygen atoms in total. The van der Waals surface area contributed by atoms with Crippen LogP contribution in [-0.2, 0) is 10.0 Å². The number of hydrogen-bond acceptors (Lipinski definition) is 5. The van der Waals surface area contributed by atoms with Gasteiger partial charge in [-0.1, -0.05) is 0 Å². The molecule has 110 valence electrons. The predicted molar refractivity (Wildman–Crippen MR) is 68.0 cm³/mol. The van der Waals surface area contributed by atoms with E-state index in [9.17, 15) is 27.7 Å². The number of nitrogens with one attached hydrogen (secondary N) is 1. The molecule has 0 unspecified atom stereocenters. The van der Waals surface area contributed by atoms with E-state index in [1.54, 1.807) is 0 Å². The largest absolute Gasteiger partial charge is 0.352 e. The van der Waals surface area contributed by atoms with Crippen LogP contribution >= 0.6 is 0 Å². The number of carbonyl (C=O) groups excluding carboxylic acids is 1. The molecule has 1 amide bonds. The molecule has 0 aliphatic rings. The van der Waals surface area contributed by atoms with Crippen LogP contribution in [0.3, 0.4) is 0 Å². The lowest BCUT2D eigenvalue weighted by molar-refractivity contribution is -0.385. The number of halogens is 1. The van der Waals surface area contributed by atoms with Gasteiger partial charge in [0, 0.05) is 18.2 Å². The summed E-state index contributed by atoms with van der Waals surface area (Å²) in [5, 5.41) is 17.6. The van der Waals surface area contributed by atoms with Crippen molar-refractivity contribution >= 4 is 21.6 Å². The van der Waals surface area contributed by atoms with Crippen LogP contribution in [0.15, 0.2) is 18.2 Å². The fourth-order valence-corrected chi connectivity index (χ4v) is 1.93. The van der Waals surface area contributed by atoms with E-state index in [1.165, 1.54) is 0 Å². The van der Waals surface area contributed by atoms with Gasteiger partial charge in [0.05, 0.1) is 16.7 Å². The van der Waals surface area contributed by atoms with E-state index < -0.39 is 32.4 Å². The summed E-state index contributed by atoms with van der Waals surface area (Å²) in [6, 6.07) is 2.47. The highest BCUT2D eigenvalue weighted by Crippen LogP contribution is 2.16. The first-order valence-electron chi connectivity index (χ1n) is 5.43. The van der Waals surface area contributed by atoms with Crippen LogP contribution in [0.2, 0.25) is 0 Å². The van der Waals surface area contributed by atoms with Gasteiger partial charge < -0.3 is 5.32 Å². The Labute approximate surface area is 114 Å². The van der Waals surface area contributed by atoms with Gasteiger partial charge in [0.1, 0.15) is 5.82 Å². The quantitative estimate of drug-likeness (QED) is 0.438. The number of benzene rings is 1. The fraction of sp³-hybridized carbons (Fsp3) is 0.300. The Morgan fingerprint density at radius 1 is 1.40 bits per heavy atom. The molecule has 3 N–H and O–H groups in total. The summed E-state index contributed by atoms with van der Waals surface area (Å²) in [7, 11) is -3.61. The predicted octanol–water partition coefficient (Wildman–Crippen LogP) is 0.142. The number of non-ortho nitro benzene ring substituents is 1. The standard InChI is InChI=1S/C10H12FN3O5S/c11-8-4-7(5-9(6-8)14(16)17)10(15)13-2-1-3-20(12,18)19/h4-6H,1-3H2,(H,13,15)(H2,12,18,19).